The molecule has 1 aromatic heterocycles. The van der Waals surface area contributed by atoms with Crippen molar-refractivity contribution in [1.82, 2.24) is 9.97 Å². The van der Waals surface area contributed by atoms with Gasteiger partial charge in [0.25, 0.3) is 0 Å². The Morgan fingerprint density at radius 2 is 2.00 bits per heavy atom. The summed E-state index contributed by atoms with van der Waals surface area (Å²) in [5.74, 6) is 0.970. The number of hydrogen-bond acceptors (Lipinski definition) is 3. The monoisotopic (exact) mass is 346 g/mol. The third-order valence-electron chi connectivity index (χ3n) is 2.18. The van der Waals surface area contributed by atoms with E-state index in [0.717, 1.165) is 18.9 Å². The molecule has 2 rings (SSSR count). The van der Waals surface area contributed by atoms with Crippen LogP contribution < -0.4 is 4.90 Å². The first-order valence-corrected chi connectivity index (χ1v) is 4.40. The van der Waals surface area contributed by atoms with Crippen LogP contribution in [0.2, 0.25) is 0 Å². The summed E-state index contributed by atoms with van der Waals surface area (Å²) >= 11 is 0. The molecule has 0 amide bonds. The molecule has 1 aliphatic heterocycles. The summed E-state index contributed by atoms with van der Waals surface area (Å²) in [6.07, 6.45) is 10.1. The Balaban J connectivity index is 0.000000845. The van der Waals surface area contributed by atoms with E-state index in [1.807, 2.05) is 6.20 Å². The molecule has 1 fully saturated rings. The molecule has 0 atom stereocenters. The third kappa shape index (κ3) is 2.77. The van der Waals surface area contributed by atoms with Crippen molar-refractivity contribution in [3.05, 3.63) is 18.6 Å². The van der Waals surface area contributed by atoms with Gasteiger partial charge >= 0.3 is 0 Å². The molecule has 1 aromatic rings. The van der Waals surface area contributed by atoms with Gasteiger partial charge in [0.1, 0.15) is 0 Å². The maximum atomic E-state index is 4.14. The first-order chi connectivity index (χ1) is 5.97. The smallest absolute Gasteiger partial charge is 0.00205 e. The van der Waals surface area contributed by atoms with Crippen LogP contribution in [0.4, 0.5) is 5.82 Å². The first-order valence-electron chi connectivity index (χ1n) is 4.40. The Kier molecular flexibility index (Phi) is 4.37. The molecule has 0 radical (unpaired) electrons. The van der Waals surface area contributed by atoms with E-state index in [1.165, 1.54) is 19.3 Å². The molecule has 1 aliphatic rings. The van der Waals surface area contributed by atoms with Gasteiger partial charge in [0, 0.05) is 34.2 Å². The van der Waals surface area contributed by atoms with Gasteiger partial charge in [0.2, 0.25) is 0 Å². The minimum absolute atomic E-state index is 0. The van der Waals surface area contributed by atoms with Gasteiger partial charge in [-0.05, 0) is 31.1 Å². The zero-order valence-electron chi connectivity index (χ0n) is 7.44. The second-order valence-electron chi connectivity index (χ2n) is 3.05. The van der Waals surface area contributed by atoms with Gasteiger partial charge in [-0.15, -0.1) is 6.20 Å². The second kappa shape index (κ2) is 5.33. The third-order valence-corrected chi connectivity index (χ3v) is 2.18. The van der Waals surface area contributed by atoms with Crippen LogP contribution >= 0.6 is 0 Å². The van der Waals surface area contributed by atoms with Crippen LogP contribution in [0.25, 0.3) is 0 Å². The van der Waals surface area contributed by atoms with Crippen molar-refractivity contribution >= 4 is 5.82 Å². The van der Waals surface area contributed by atoms with Gasteiger partial charge in [-0.3, -0.25) is 4.98 Å². The summed E-state index contributed by atoms with van der Waals surface area (Å²) in [7, 11) is 0. The molecular weight excluding hydrogens is 334 g/mol. The summed E-state index contributed by atoms with van der Waals surface area (Å²) in [5.41, 5.74) is 0. The Bertz CT molecular complexity index is 234. The van der Waals surface area contributed by atoms with E-state index in [4.69, 9.17) is 0 Å². The Morgan fingerprint density at radius 1 is 1.23 bits per heavy atom. The minimum atomic E-state index is 0. The summed E-state index contributed by atoms with van der Waals surface area (Å²) in [6, 6.07) is 0. The Morgan fingerprint density at radius 3 is 2.62 bits per heavy atom. The van der Waals surface area contributed by atoms with E-state index in [2.05, 4.69) is 21.1 Å². The number of hydrogen-bond donors (Lipinski definition) is 0. The molecule has 2 heterocycles. The number of anilines is 1. The van der Waals surface area contributed by atoms with Gasteiger partial charge in [0.15, 0.2) is 0 Å². The summed E-state index contributed by atoms with van der Waals surface area (Å²) < 4.78 is 0. The van der Waals surface area contributed by atoms with Crippen LogP contribution in [0, 0.1) is 6.20 Å². The van der Waals surface area contributed by atoms with Crippen molar-refractivity contribution in [3.8, 4) is 0 Å². The normalized spacial score (nSPS) is 16.5. The zero-order chi connectivity index (χ0) is 8.23. The molecular formula is C9H12N3W-. The van der Waals surface area contributed by atoms with Crippen molar-refractivity contribution in [3.63, 3.8) is 0 Å². The molecule has 0 N–H and O–H groups in total. The second-order valence-corrected chi connectivity index (χ2v) is 3.05. The van der Waals surface area contributed by atoms with Crippen LogP contribution in [-0.2, 0) is 21.1 Å². The van der Waals surface area contributed by atoms with Gasteiger partial charge < -0.3 is 9.88 Å². The van der Waals surface area contributed by atoms with Gasteiger partial charge in [-0.2, -0.15) is 0 Å². The predicted octanol–water partition coefficient (Wildman–Crippen LogP) is 1.26. The first kappa shape index (κ1) is 10.6. The maximum absolute atomic E-state index is 4.14. The van der Waals surface area contributed by atoms with Crippen LogP contribution in [0.1, 0.15) is 19.3 Å². The largest absolute Gasteiger partial charge is 0.435 e. The Labute approximate surface area is 92.8 Å². The molecule has 0 bridgehead atoms. The van der Waals surface area contributed by atoms with Crippen molar-refractivity contribution < 1.29 is 21.1 Å². The van der Waals surface area contributed by atoms with Gasteiger partial charge in [-0.1, -0.05) is 6.42 Å². The quantitative estimate of drug-likeness (QED) is 0.718. The molecule has 3 nitrogen and oxygen atoms in total. The standard InChI is InChI=1S/C9H12N3.W/c1-2-6-12(7-3-1)9-8-10-4-5-11-9;/h4,8H,1-3,6-7H2;/q-1;. The molecule has 0 unspecified atom stereocenters. The fraction of sp³-hybridized carbons (Fsp3) is 0.556. The van der Waals surface area contributed by atoms with Crippen molar-refractivity contribution in [2.24, 2.45) is 0 Å². The van der Waals surface area contributed by atoms with Crippen LogP contribution in [0.3, 0.4) is 0 Å². The van der Waals surface area contributed by atoms with E-state index >= 15 is 0 Å². The maximum Gasteiger partial charge on any atom is 0.00205 e. The van der Waals surface area contributed by atoms with E-state index < -0.39 is 0 Å². The predicted molar refractivity (Wildman–Crippen MR) is 46.9 cm³/mol. The minimum Gasteiger partial charge on any atom is -0.435 e. The Hall–Kier alpha value is -0.432. The number of piperidine rings is 1. The summed E-state index contributed by atoms with van der Waals surface area (Å²) in [6.45, 7) is 2.24. The van der Waals surface area contributed by atoms with Crippen LogP contribution in [-0.4, -0.2) is 23.1 Å². The van der Waals surface area contributed by atoms with Gasteiger partial charge in [-0.25, -0.2) is 0 Å². The van der Waals surface area contributed by atoms with Crippen molar-refractivity contribution in [2.45, 2.75) is 19.3 Å². The topological polar surface area (TPSA) is 29.0 Å². The van der Waals surface area contributed by atoms with Crippen LogP contribution in [0.5, 0.6) is 0 Å². The van der Waals surface area contributed by atoms with E-state index in [0.29, 0.717) is 0 Å². The van der Waals surface area contributed by atoms with Crippen LogP contribution in [0.15, 0.2) is 12.4 Å². The molecule has 0 spiro atoms. The average molecular weight is 346 g/mol. The van der Waals surface area contributed by atoms with Crippen molar-refractivity contribution in [2.75, 3.05) is 18.0 Å². The fourth-order valence-corrected chi connectivity index (χ4v) is 1.54. The molecule has 4 heteroatoms. The van der Waals surface area contributed by atoms with E-state index in [9.17, 15) is 0 Å². The average Bonchev–Trinajstić information content (AvgIpc) is 2.21. The van der Waals surface area contributed by atoms with Gasteiger partial charge in [0.05, 0.1) is 0 Å². The molecule has 0 aliphatic carbocycles. The van der Waals surface area contributed by atoms with E-state index in [-0.39, 0.29) is 21.1 Å². The molecule has 0 saturated carbocycles. The number of aromatic nitrogens is 2. The summed E-state index contributed by atoms with van der Waals surface area (Å²) in [5, 5.41) is 0. The number of nitrogens with zero attached hydrogens (tertiary/aromatic N) is 3. The molecule has 70 valence electrons. The van der Waals surface area contributed by atoms with E-state index in [1.54, 1.807) is 6.20 Å². The zero-order valence-corrected chi connectivity index (χ0v) is 10.4. The SMILES string of the molecule is [W].[c-]1cncc(N2CCCCC2)n1. The fourth-order valence-electron chi connectivity index (χ4n) is 1.54. The summed E-state index contributed by atoms with van der Waals surface area (Å²) in [4.78, 5) is 10.4. The molecule has 1 saturated heterocycles. The van der Waals surface area contributed by atoms with Crippen molar-refractivity contribution in [1.29, 1.82) is 0 Å². The molecule has 0 aromatic carbocycles. The number of rotatable bonds is 1. The molecule has 13 heavy (non-hydrogen) atoms.